The fourth-order valence-electron chi connectivity index (χ4n) is 2.47. The molecular formula is C21H16ClN3O. The van der Waals surface area contributed by atoms with Gasteiger partial charge in [-0.3, -0.25) is 0 Å². The third-order valence-corrected chi connectivity index (χ3v) is 4.01. The molecule has 4 nitrogen and oxygen atoms in total. The van der Waals surface area contributed by atoms with Crippen LogP contribution in [0.15, 0.2) is 55.1 Å². The molecule has 0 bridgehead atoms. The van der Waals surface area contributed by atoms with Gasteiger partial charge in [0.1, 0.15) is 11.8 Å². The van der Waals surface area contributed by atoms with Crippen LogP contribution in [-0.4, -0.2) is 16.2 Å². The smallest absolute Gasteiger partial charge is 0.137 e. The van der Waals surface area contributed by atoms with E-state index < -0.39 is 0 Å². The molecule has 0 radical (unpaired) electrons. The molecule has 1 heterocycles. The van der Waals surface area contributed by atoms with Gasteiger partial charge in [-0.1, -0.05) is 29.5 Å². The molecule has 128 valence electrons. The summed E-state index contributed by atoms with van der Waals surface area (Å²) in [6, 6.07) is 13.3. The molecular weight excluding hydrogens is 346 g/mol. The first-order valence-electron chi connectivity index (χ1n) is 8.12. The summed E-state index contributed by atoms with van der Waals surface area (Å²) in [4.78, 5) is 4.03. The van der Waals surface area contributed by atoms with Crippen LogP contribution in [0.3, 0.4) is 0 Å². The van der Waals surface area contributed by atoms with E-state index in [0.717, 1.165) is 16.7 Å². The van der Waals surface area contributed by atoms with Gasteiger partial charge in [0.25, 0.3) is 0 Å². The van der Waals surface area contributed by atoms with Gasteiger partial charge in [0, 0.05) is 30.1 Å². The van der Waals surface area contributed by atoms with Gasteiger partial charge < -0.3 is 9.30 Å². The molecule has 0 aliphatic rings. The lowest BCUT2D eigenvalue weighted by Crippen LogP contribution is -1.96. The Bertz CT molecular complexity index is 1010. The molecule has 0 N–H and O–H groups in total. The first-order valence-corrected chi connectivity index (χ1v) is 8.50. The van der Waals surface area contributed by atoms with E-state index >= 15 is 0 Å². The van der Waals surface area contributed by atoms with Crippen LogP contribution in [0.1, 0.15) is 29.2 Å². The summed E-state index contributed by atoms with van der Waals surface area (Å²) in [5.74, 6) is 6.69. The Balaban J connectivity index is 1.80. The Hall–Kier alpha value is -3.21. The van der Waals surface area contributed by atoms with Crippen LogP contribution < -0.4 is 4.74 Å². The quantitative estimate of drug-likeness (QED) is 0.652. The lowest BCUT2D eigenvalue weighted by Gasteiger charge is -2.05. The molecule has 3 rings (SSSR count). The van der Waals surface area contributed by atoms with Gasteiger partial charge in [-0.15, -0.1) is 0 Å². The Morgan fingerprint density at radius 1 is 1.15 bits per heavy atom. The molecule has 26 heavy (non-hydrogen) atoms. The number of ether oxygens (including phenoxy) is 1. The van der Waals surface area contributed by atoms with Gasteiger partial charge in [-0.2, -0.15) is 5.26 Å². The van der Waals surface area contributed by atoms with Crippen LogP contribution in [0, 0.1) is 23.2 Å². The molecule has 3 aromatic rings. The van der Waals surface area contributed by atoms with Crippen LogP contribution in [0.2, 0.25) is 5.02 Å². The molecule has 0 aliphatic carbocycles. The highest BCUT2D eigenvalue weighted by atomic mass is 35.5. The van der Waals surface area contributed by atoms with Crippen molar-refractivity contribution in [3.63, 3.8) is 0 Å². The summed E-state index contributed by atoms with van der Waals surface area (Å²) in [5, 5.41) is 9.83. The number of imidazole rings is 1. The topological polar surface area (TPSA) is 50.8 Å². The van der Waals surface area contributed by atoms with Crippen LogP contribution in [-0.2, 0) is 6.54 Å². The molecule has 0 amide bonds. The number of benzene rings is 2. The standard InChI is InChI=1S/C21H16ClN3O/c1-2-26-21-8-5-16(11-19(21)13-23)3-6-18-7-4-17(12-20(18)22)14-25-10-9-24-15-25/h4-5,7-12,15H,2,14H2,1H3. The van der Waals surface area contributed by atoms with Gasteiger partial charge >= 0.3 is 0 Å². The largest absolute Gasteiger partial charge is 0.492 e. The molecule has 0 fully saturated rings. The van der Waals surface area contributed by atoms with Crippen molar-refractivity contribution in [1.29, 1.82) is 5.26 Å². The van der Waals surface area contributed by atoms with Crippen molar-refractivity contribution in [2.75, 3.05) is 6.61 Å². The van der Waals surface area contributed by atoms with Gasteiger partial charge in [-0.05, 0) is 42.8 Å². The molecule has 0 aliphatic heterocycles. The van der Waals surface area contributed by atoms with Gasteiger partial charge in [0.15, 0.2) is 0 Å². The monoisotopic (exact) mass is 361 g/mol. The zero-order valence-corrected chi connectivity index (χ0v) is 15.0. The summed E-state index contributed by atoms with van der Waals surface area (Å²) in [7, 11) is 0. The molecule has 2 aromatic carbocycles. The van der Waals surface area contributed by atoms with E-state index in [1.807, 2.05) is 42.0 Å². The van der Waals surface area contributed by atoms with E-state index in [1.54, 1.807) is 24.7 Å². The van der Waals surface area contributed by atoms with E-state index in [4.69, 9.17) is 16.3 Å². The number of hydrogen-bond donors (Lipinski definition) is 0. The maximum atomic E-state index is 9.23. The van der Waals surface area contributed by atoms with E-state index in [-0.39, 0.29) is 0 Å². The first-order chi connectivity index (χ1) is 12.7. The lowest BCUT2D eigenvalue weighted by molar-refractivity contribution is 0.339. The van der Waals surface area contributed by atoms with E-state index in [1.165, 1.54) is 0 Å². The zero-order chi connectivity index (χ0) is 18.4. The number of halogens is 1. The van der Waals surface area contributed by atoms with Gasteiger partial charge in [0.2, 0.25) is 0 Å². The Morgan fingerprint density at radius 2 is 2.04 bits per heavy atom. The second kappa shape index (κ2) is 8.25. The minimum atomic E-state index is 0.473. The molecule has 0 atom stereocenters. The first kappa shape index (κ1) is 17.6. The summed E-state index contributed by atoms with van der Waals surface area (Å²) < 4.78 is 7.40. The van der Waals surface area contributed by atoms with E-state index in [2.05, 4.69) is 22.9 Å². The number of hydrogen-bond acceptors (Lipinski definition) is 3. The highest BCUT2D eigenvalue weighted by Crippen LogP contribution is 2.20. The zero-order valence-electron chi connectivity index (χ0n) is 14.2. The normalized spacial score (nSPS) is 9.88. The van der Waals surface area contributed by atoms with Crippen molar-refractivity contribution in [2.45, 2.75) is 13.5 Å². The summed E-state index contributed by atoms with van der Waals surface area (Å²) in [5.41, 5.74) is 3.03. The van der Waals surface area contributed by atoms with Crippen LogP contribution in [0.5, 0.6) is 5.75 Å². The van der Waals surface area contributed by atoms with Crippen LogP contribution >= 0.6 is 11.6 Å². The molecule has 0 saturated carbocycles. The number of rotatable bonds is 4. The van der Waals surface area contributed by atoms with Crippen molar-refractivity contribution in [2.24, 2.45) is 0 Å². The van der Waals surface area contributed by atoms with Gasteiger partial charge in [-0.25, -0.2) is 4.98 Å². The van der Waals surface area contributed by atoms with Crippen molar-refractivity contribution in [3.05, 3.63) is 82.4 Å². The Labute approximate surface area is 157 Å². The maximum absolute atomic E-state index is 9.23. The predicted molar refractivity (Wildman–Crippen MR) is 101 cm³/mol. The van der Waals surface area contributed by atoms with E-state index in [9.17, 15) is 5.26 Å². The third kappa shape index (κ3) is 4.25. The van der Waals surface area contributed by atoms with Crippen molar-refractivity contribution in [3.8, 4) is 23.7 Å². The number of nitrogens with zero attached hydrogens (tertiary/aromatic N) is 3. The fraction of sp³-hybridized carbons (Fsp3) is 0.143. The fourth-order valence-corrected chi connectivity index (χ4v) is 2.72. The number of aromatic nitrogens is 2. The van der Waals surface area contributed by atoms with Crippen molar-refractivity contribution >= 4 is 11.6 Å². The second-order valence-electron chi connectivity index (χ2n) is 5.55. The van der Waals surface area contributed by atoms with Gasteiger partial charge in [0.05, 0.1) is 23.5 Å². The average Bonchev–Trinajstić information content (AvgIpc) is 3.15. The molecule has 5 heteroatoms. The second-order valence-corrected chi connectivity index (χ2v) is 5.96. The molecule has 0 saturated heterocycles. The van der Waals surface area contributed by atoms with Crippen molar-refractivity contribution < 1.29 is 4.74 Å². The molecule has 0 spiro atoms. The average molecular weight is 362 g/mol. The summed E-state index contributed by atoms with van der Waals surface area (Å²) >= 11 is 6.36. The van der Waals surface area contributed by atoms with Crippen molar-refractivity contribution in [1.82, 2.24) is 9.55 Å². The maximum Gasteiger partial charge on any atom is 0.137 e. The van der Waals surface area contributed by atoms with Crippen LogP contribution in [0.25, 0.3) is 0 Å². The third-order valence-electron chi connectivity index (χ3n) is 3.70. The molecule has 0 unspecified atom stereocenters. The number of nitriles is 1. The van der Waals surface area contributed by atoms with E-state index in [0.29, 0.717) is 29.5 Å². The minimum Gasteiger partial charge on any atom is -0.492 e. The minimum absolute atomic E-state index is 0.473. The summed E-state index contributed by atoms with van der Waals surface area (Å²) in [6.45, 7) is 3.10. The summed E-state index contributed by atoms with van der Waals surface area (Å²) in [6.07, 6.45) is 5.41. The predicted octanol–water partition coefficient (Wildman–Crippen LogP) is 4.25. The highest BCUT2D eigenvalue weighted by molar-refractivity contribution is 6.31. The SMILES string of the molecule is CCOc1ccc(C#Cc2ccc(Cn3ccnc3)cc2Cl)cc1C#N. The Morgan fingerprint density at radius 3 is 2.73 bits per heavy atom. The highest BCUT2D eigenvalue weighted by Gasteiger charge is 2.04. The lowest BCUT2D eigenvalue weighted by atomic mass is 10.1. The van der Waals surface area contributed by atoms with Crippen LogP contribution in [0.4, 0.5) is 0 Å². The Kier molecular flexibility index (Phi) is 5.59. The molecule has 1 aromatic heterocycles.